The van der Waals surface area contributed by atoms with Crippen molar-refractivity contribution in [3.05, 3.63) is 36.0 Å². The summed E-state index contributed by atoms with van der Waals surface area (Å²) in [5.74, 6) is -0.398. The molecule has 8 nitrogen and oxygen atoms in total. The van der Waals surface area contributed by atoms with Gasteiger partial charge in [-0.15, -0.1) is 0 Å². The van der Waals surface area contributed by atoms with E-state index in [1.807, 2.05) is 30.5 Å². The van der Waals surface area contributed by atoms with Gasteiger partial charge in [0.05, 0.1) is 6.61 Å². The van der Waals surface area contributed by atoms with Crippen LogP contribution in [-0.4, -0.2) is 53.0 Å². The monoisotopic (exact) mass is 360 g/mol. The number of para-hydroxylation sites is 1. The van der Waals surface area contributed by atoms with Crippen molar-refractivity contribution >= 4 is 22.9 Å². The lowest BCUT2D eigenvalue weighted by Crippen LogP contribution is -2.46. The standard InChI is InChI=1S/C18H24N4O4/c19-17(23)16(9-13-10-20-15-4-2-1-3-14(13)15)21-18(24)26-11-12-5-7-22(25)8-6-12/h1-4,10,12,16,20,25H,5-9,11H2,(H2,19,23)(H,21,24). The number of aromatic nitrogens is 1. The van der Waals surface area contributed by atoms with Crippen LogP contribution in [-0.2, 0) is 16.0 Å². The lowest BCUT2D eigenvalue weighted by Gasteiger charge is -2.27. The highest BCUT2D eigenvalue weighted by molar-refractivity contribution is 5.87. The summed E-state index contributed by atoms with van der Waals surface area (Å²) < 4.78 is 5.24. The van der Waals surface area contributed by atoms with Gasteiger partial charge >= 0.3 is 6.09 Å². The Labute approximate surface area is 151 Å². The van der Waals surface area contributed by atoms with Crippen LogP contribution in [0.15, 0.2) is 30.5 Å². The number of primary amides is 1. The molecule has 1 aliphatic rings. The number of hydroxylamine groups is 2. The predicted molar refractivity (Wildman–Crippen MR) is 95.6 cm³/mol. The van der Waals surface area contributed by atoms with Crippen LogP contribution >= 0.6 is 0 Å². The summed E-state index contributed by atoms with van der Waals surface area (Å²) in [6.45, 7) is 1.40. The third-order valence-electron chi connectivity index (χ3n) is 4.78. The number of nitrogens with two attached hydrogens (primary N) is 1. The number of hydrogen-bond donors (Lipinski definition) is 4. The van der Waals surface area contributed by atoms with Crippen molar-refractivity contribution in [1.82, 2.24) is 15.4 Å². The van der Waals surface area contributed by atoms with Gasteiger partial charge in [-0.2, -0.15) is 5.06 Å². The molecule has 5 N–H and O–H groups in total. The number of fused-ring (bicyclic) bond motifs is 1. The first kappa shape index (κ1) is 18.2. The van der Waals surface area contributed by atoms with Crippen LogP contribution in [0.3, 0.4) is 0 Å². The molecule has 1 aromatic carbocycles. The van der Waals surface area contributed by atoms with Gasteiger partial charge in [-0.1, -0.05) is 18.2 Å². The number of carbonyl (C=O) groups excluding carboxylic acids is 2. The maximum absolute atomic E-state index is 12.0. The second kappa shape index (κ2) is 8.20. The molecule has 2 aromatic rings. The summed E-state index contributed by atoms with van der Waals surface area (Å²) in [4.78, 5) is 26.9. The second-order valence-corrected chi connectivity index (χ2v) is 6.66. The molecule has 140 valence electrons. The lowest BCUT2D eigenvalue weighted by atomic mass is 9.99. The van der Waals surface area contributed by atoms with E-state index in [1.54, 1.807) is 0 Å². The molecule has 8 heteroatoms. The fraction of sp³-hybridized carbons (Fsp3) is 0.444. The third-order valence-corrected chi connectivity index (χ3v) is 4.78. The SMILES string of the molecule is NC(=O)C(Cc1c[nH]c2ccccc12)NC(=O)OCC1CCN(O)CC1. The summed E-state index contributed by atoms with van der Waals surface area (Å²) in [5, 5.41) is 14.2. The number of rotatable bonds is 6. The predicted octanol–water partition coefficient (Wildman–Crippen LogP) is 1.39. The Balaban J connectivity index is 1.54. The van der Waals surface area contributed by atoms with Crippen LogP contribution in [0.1, 0.15) is 18.4 Å². The Morgan fingerprint density at radius 1 is 1.35 bits per heavy atom. The molecule has 1 unspecified atom stereocenters. The minimum atomic E-state index is -0.846. The van der Waals surface area contributed by atoms with Crippen LogP contribution in [0.5, 0.6) is 0 Å². The normalized spacial score (nSPS) is 17.1. The summed E-state index contributed by atoms with van der Waals surface area (Å²) in [7, 11) is 0. The third kappa shape index (κ3) is 4.53. The molecule has 0 radical (unpaired) electrons. The van der Waals surface area contributed by atoms with Crippen LogP contribution in [0.4, 0.5) is 4.79 Å². The van der Waals surface area contributed by atoms with Crippen molar-refractivity contribution in [2.75, 3.05) is 19.7 Å². The van der Waals surface area contributed by atoms with Crippen molar-refractivity contribution in [2.24, 2.45) is 11.7 Å². The van der Waals surface area contributed by atoms with Crippen molar-refractivity contribution in [2.45, 2.75) is 25.3 Å². The molecule has 1 atom stereocenters. The molecular formula is C18H24N4O4. The number of amides is 2. The molecule has 1 saturated heterocycles. The zero-order valence-corrected chi connectivity index (χ0v) is 14.5. The molecule has 1 aromatic heterocycles. The maximum Gasteiger partial charge on any atom is 0.407 e. The number of nitrogens with zero attached hydrogens (tertiary/aromatic N) is 1. The molecule has 3 rings (SSSR count). The average molecular weight is 360 g/mol. The van der Waals surface area contributed by atoms with Crippen LogP contribution in [0.2, 0.25) is 0 Å². The Hall–Kier alpha value is -2.58. The number of benzene rings is 1. The topological polar surface area (TPSA) is 121 Å². The van der Waals surface area contributed by atoms with E-state index in [4.69, 9.17) is 10.5 Å². The Kier molecular flexibility index (Phi) is 5.75. The fourth-order valence-corrected chi connectivity index (χ4v) is 3.21. The van der Waals surface area contributed by atoms with Crippen molar-refractivity contribution in [3.63, 3.8) is 0 Å². The molecule has 26 heavy (non-hydrogen) atoms. The van der Waals surface area contributed by atoms with Crippen molar-refractivity contribution in [3.8, 4) is 0 Å². The van der Waals surface area contributed by atoms with Gasteiger partial charge in [0.25, 0.3) is 0 Å². The van der Waals surface area contributed by atoms with Gasteiger partial charge in [0, 0.05) is 36.6 Å². The van der Waals surface area contributed by atoms with Gasteiger partial charge in [0.2, 0.25) is 5.91 Å². The van der Waals surface area contributed by atoms with E-state index in [1.165, 1.54) is 5.06 Å². The quantitative estimate of drug-likeness (QED) is 0.620. The number of nitrogens with one attached hydrogen (secondary N) is 2. The molecule has 1 fully saturated rings. The average Bonchev–Trinajstić information content (AvgIpc) is 3.04. The molecule has 0 aliphatic carbocycles. The van der Waals surface area contributed by atoms with E-state index in [-0.39, 0.29) is 18.9 Å². The van der Waals surface area contributed by atoms with E-state index in [9.17, 15) is 14.8 Å². The molecule has 1 aliphatic heterocycles. The van der Waals surface area contributed by atoms with Gasteiger partial charge in [0.1, 0.15) is 6.04 Å². The highest BCUT2D eigenvalue weighted by Crippen LogP contribution is 2.19. The summed E-state index contributed by atoms with van der Waals surface area (Å²) in [6.07, 6.45) is 2.98. The summed E-state index contributed by atoms with van der Waals surface area (Å²) in [5.41, 5.74) is 7.31. The first-order chi connectivity index (χ1) is 12.5. The smallest absolute Gasteiger partial charge is 0.407 e. The van der Waals surface area contributed by atoms with Crippen LogP contribution < -0.4 is 11.1 Å². The fourth-order valence-electron chi connectivity index (χ4n) is 3.21. The molecular weight excluding hydrogens is 336 g/mol. The first-order valence-corrected chi connectivity index (χ1v) is 8.74. The Morgan fingerprint density at radius 2 is 2.08 bits per heavy atom. The maximum atomic E-state index is 12.0. The Bertz CT molecular complexity index is 767. The summed E-state index contributed by atoms with van der Waals surface area (Å²) in [6, 6.07) is 6.88. The van der Waals surface area contributed by atoms with Gasteiger partial charge in [-0.3, -0.25) is 4.79 Å². The molecule has 2 amide bonds. The zero-order valence-electron chi connectivity index (χ0n) is 14.5. The lowest BCUT2D eigenvalue weighted by molar-refractivity contribution is -0.120. The van der Waals surface area contributed by atoms with E-state index in [0.717, 1.165) is 29.3 Å². The Morgan fingerprint density at radius 3 is 2.81 bits per heavy atom. The van der Waals surface area contributed by atoms with Gasteiger partial charge < -0.3 is 26.0 Å². The van der Waals surface area contributed by atoms with E-state index in [0.29, 0.717) is 13.1 Å². The minimum absolute atomic E-state index is 0.213. The van der Waals surface area contributed by atoms with Gasteiger partial charge in [0.15, 0.2) is 0 Å². The van der Waals surface area contributed by atoms with Crippen molar-refractivity contribution < 1.29 is 19.5 Å². The molecule has 0 bridgehead atoms. The first-order valence-electron chi connectivity index (χ1n) is 8.74. The number of alkyl carbamates (subject to hydrolysis) is 1. The number of hydrogen-bond acceptors (Lipinski definition) is 5. The summed E-state index contributed by atoms with van der Waals surface area (Å²) >= 11 is 0. The molecule has 0 saturated carbocycles. The molecule has 2 heterocycles. The number of aromatic amines is 1. The number of H-pyrrole nitrogens is 1. The van der Waals surface area contributed by atoms with E-state index >= 15 is 0 Å². The number of ether oxygens (including phenoxy) is 1. The zero-order chi connectivity index (χ0) is 18.5. The number of piperidine rings is 1. The van der Waals surface area contributed by atoms with Crippen LogP contribution in [0.25, 0.3) is 10.9 Å². The minimum Gasteiger partial charge on any atom is -0.449 e. The van der Waals surface area contributed by atoms with Gasteiger partial charge in [-0.25, -0.2) is 4.79 Å². The highest BCUT2D eigenvalue weighted by Gasteiger charge is 2.23. The van der Waals surface area contributed by atoms with E-state index < -0.39 is 18.0 Å². The molecule has 0 spiro atoms. The number of carbonyl (C=O) groups is 2. The van der Waals surface area contributed by atoms with Crippen molar-refractivity contribution in [1.29, 1.82) is 0 Å². The highest BCUT2D eigenvalue weighted by atomic mass is 16.5. The van der Waals surface area contributed by atoms with E-state index in [2.05, 4.69) is 10.3 Å². The largest absolute Gasteiger partial charge is 0.449 e. The van der Waals surface area contributed by atoms with Gasteiger partial charge in [-0.05, 0) is 30.4 Å². The second-order valence-electron chi connectivity index (χ2n) is 6.66. The van der Waals surface area contributed by atoms with Crippen LogP contribution in [0, 0.1) is 5.92 Å².